The van der Waals surface area contributed by atoms with Gasteiger partial charge in [-0.25, -0.2) is 0 Å². The van der Waals surface area contributed by atoms with E-state index in [9.17, 15) is 9.59 Å². The summed E-state index contributed by atoms with van der Waals surface area (Å²) in [5.74, 6) is -0.239. The lowest BCUT2D eigenvalue weighted by Crippen LogP contribution is -2.14. The molecule has 1 atom stereocenters. The second kappa shape index (κ2) is 8.72. The molecule has 0 amide bonds. The van der Waals surface area contributed by atoms with E-state index in [1.165, 1.54) is 0 Å². The molecule has 0 rings (SSSR count). The molecule has 1 unspecified atom stereocenters. The molecule has 0 bridgehead atoms. The molecular formula is C11H19ClO3. The van der Waals surface area contributed by atoms with E-state index in [-0.39, 0.29) is 24.9 Å². The van der Waals surface area contributed by atoms with Gasteiger partial charge in [0, 0.05) is 12.8 Å². The summed E-state index contributed by atoms with van der Waals surface area (Å²) in [6, 6.07) is 0. The lowest BCUT2D eigenvalue weighted by Gasteiger charge is -2.12. The maximum Gasteiger partial charge on any atom is 0.306 e. The Labute approximate surface area is 96.1 Å². The number of esters is 1. The molecular weight excluding hydrogens is 216 g/mol. The summed E-state index contributed by atoms with van der Waals surface area (Å²) in [5.41, 5.74) is 0. The van der Waals surface area contributed by atoms with Crippen molar-refractivity contribution in [2.24, 2.45) is 0 Å². The predicted octanol–water partition coefficient (Wildman–Crippen LogP) is 3.04. The van der Waals surface area contributed by atoms with Crippen molar-refractivity contribution in [3.63, 3.8) is 0 Å². The summed E-state index contributed by atoms with van der Waals surface area (Å²) >= 11 is 5.14. The maximum absolute atomic E-state index is 11.2. The molecule has 15 heavy (non-hydrogen) atoms. The summed E-state index contributed by atoms with van der Waals surface area (Å²) < 4.78 is 5.14. The van der Waals surface area contributed by atoms with Crippen LogP contribution < -0.4 is 0 Å². The highest BCUT2D eigenvalue weighted by atomic mass is 35.5. The van der Waals surface area contributed by atoms with E-state index in [0.29, 0.717) is 6.42 Å². The lowest BCUT2D eigenvalue weighted by molar-refractivity contribution is -0.148. The van der Waals surface area contributed by atoms with Gasteiger partial charge in [0.1, 0.15) is 0 Å². The van der Waals surface area contributed by atoms with Crippen LogP contribution in [0.4, 0.5) is 0 Å². The van der Waals surface area contributed by atoms with E-state index in [4.69, 9.17) is 16.3 Å². The fourth-order valence-electron chi connectivity index (χ4n) is 1.21. The highest BCUT2D eigenvalue weighted by Gasteiger charge is 2.09. The Morgan fingerprint density at radius 2 is 1.93 bits per heavy atom. The van der Waals surface area contributed by atoms with Gasteiger partial charge in [-0.15, -0.1) is 0 Å². The summed E-state index contributed by atoms with van der Waals surface area (Å²) in [5, 5.41) is -0.401. The molecule has 0 radical (unpaired) electrons. The molecule has 0 heterocycles. The first-order valence-electron chi connectivity index (χ1n) is 5.44. The van der Waals surface area contributed by atoms with Gasteiger partial charge in [0.2, 0.25) is 5.24 Å². The Morgan fingerprint density at radius 1 is 1.27 bits per heavy atom. The molecule has 88 valence electrons. The SMILES string of the molecule is CCCCC(C)OC(=O)CCCC(=O)Cl. The fraction of sp³-hybridized carbons (Fsp3) is 0.818. The van der Waals surface area contributed by atoms with Gasteiger partial charge in [-0.3, -0.25) is 9.59 Å². The van der Waals surface area contributed by atoms with Crippen LogP contribution in [0.5, 0.6) is 0 Å². The molecule has 0 aromatic rings. The monoisotopic (exact) mass is 234 g/mol. The Bertz CT molecular complexity index is 204. The van der Waals surface area contributed by atoms with Gasteiger partial charge in [-0.05, 0) is 31.4 Å². The minimum atomic E-state index is -0.401. The minimum absolute atomic E-state index is 0.0239. The zero-order valence-corrected chi connectivity index (χ0v) is 10.2. The third-order valence-corrected chi connectivity index (χ3v) is 2.24. The number of ether oxygens (including phenoxy) is 1. The molecule has 0 aliphatic rings. The Kier molecular flexibility index (Phi) is 8.38. The van der Waals surface area contributed by atoms with Crippen molar-refractivity contribution in [1.29, 1.82) is 0 Å². The first-order valence-corrected chi connectivity index (χ1v) is 5.81. The lowest BCUT2D eigenvalue weighted by atomic mass is 10.2. The van der Waals surface area contributed by atoms with Crippen molar-refractivity contribution in [3.05, 3.63) is 0 Å². The van der Waals surface area contributed by atoms with Crippen molar-refractivity contribution in [2.75, 3.05) is 0 Å². The highest BCUT2D eigenvalue weighted by molar-refractivity contribution is 6.63. The van der Waals surface area contributed by atoms with Gasteiger partial charge in [-0.2, -0.15) is 0 Å². The molecule has 0 saturated carbocycles. The molecule has 0 spiro atoms. The third kappa shape index (κ3) is 9.73. The van der Waals surface area contributed by atoms with Crippen LogP contribution in [0.2, 0.25) is 0 Å². The van der Waals surface area contributed by atoms with Crippen molar-refractivity contribution in [2.45, 2.75) is 58.5 Å². The topological polar surface area (TPSA) is 43.4 Å². The van der Waals surface area contributed by atoms with Gasteiger partial charge in [0.05, 0.1) is 6.10 Å². The predicted molar refractivity (Wildman–Crippen MR) is 59.8 cm³/mol. The maximum atomic E-state index is 11.2. The van der Waals surface area contributed by atoms with Crippen molar-refractivity contribution in [1.82, 2.24) is 0 Å². The van der Waals surface area contributed by atoms with E-state index in [0.717, 1.165) is 19.3 Å². The standard InChI is InChI=1S/C11H19ClO3/c1-3-4-6-9(2)15-11(14)8-5-7-10(12)13/h9H,3-8H2,1-2H3. The molecule has 0 aromatic carbocycles. The van der Waals surface area contributed by atoms with Crippen LogP contribution in [-0.2, 0) is 14.3 Å². The molecule has 0 fully saturated rings. The van der Waals surface area contributed by atoms with Gasteiger partial charge < -0.3 is 4.74 Å². The van der Waals surface area contributed by atoms with E-state index in [1.54, 1.807) is 0 Å². The smallest absolute Gasteiger partial charge is 0.306 e. The first-order chi connectivity index (χ1) is 7.06. The van der Waals surface area contributed by atoms with Crippen molar-refractivity contribution < 1.29 is 14.3 Å². The quantitative estimate of drug-likeness (QED) is 0.479. The second-order valence-corrected chi connectivity index (χ2v) is 4.07. The zero-order chi connectivity index (χ0) is 11.7. The molecule has 0 aliphatic carbocycles. The molecule has 4 heteroatoms. The Hall–Kier alpha value is -0.570. The molecule has 0 aromatic heterocycles. The number of hydrogen-bond donors (Lipinski definition) is 0. The van der Waals surface area contributed by atoms with Crippen LogP contribution in [0, 0.1) is 0 Å². The number of carbonyl (C=O) groups excluding carboxylic acids is 2. The van der Waals surface area contributed by atoms with Crippen LogP contribution in [0.15, 0.2) is 0 Å². The molecule has 0 N–H and O–H groups in total. The number of carbonyl (C=O) groups is 2. The van der Waals surface area contributed by atoms with Crippen LogP contribution in [0.1, 0.15) is 52.4 Å². The minimum Gasteiger partial charge on any atom is -0.463 e. The summed E-state index contributed by atoms with van der Waals surface area (Å²) in [7, 11) is 0. The van der Waals surface area contributed by atoms with Gasteiger partial charge >= 0.3 is 5.97 Å². The van der Waals surface area contributed by atoms with Crippen LogP contribution >= 0.6 is 11.6 Å². The van der Waals surface area contributed by atoms with Crippen LogP contribution in [0.3, 0.4) is 0 Å². The molecule has 0 saturated heterocycles. The molecule has 0 aliphatic heterocycles. The van der Waals surface area contributed by atoms with E-state index < -0.39 is 5.24 Å². The average molecular weight is 235 g/mol. The van der Waals surface area contributed by atoms with Crippen molar-refractivity contribution >= 4 is 22.8 Å². The van der Waals surface area contributed by atoms with Gasteiger partial charge in [-0.1, -0.05) is 19.8 Å². The van der Waals surface area contributed by atoms with E-state index in [1.807, 2.05) is 6.92 Å². The van der Waals surface area contributed by atoms with Crippen LogP contribution in [-0.4, -0.2) is 17.3 Å². The summed E-state index contributed by atoms with van der Waals surface area (Å²) in [4.78, 5) is 21.6. The molecule has 3 nitrogen and oxygen atoms in total. The summed E-state index contributed by atoms with van der Waals surface area (Å²) in [6.07, 6.45) is 4.02. The van der Waals surface area contributed by atoms with Gasteiger partial charge in [0.25, 0.3) is 0 Å². The van der Waals surface area contributed by atoms with Crippen LogP contribution in [0.25, 0.3) is 0 Å². The normalized spacial score (nSPS) is 12.2. The second-order valence-electron chi connectivity index (χ2n) is 3.65. The highest BCUT2D eigenvalue weighted by Crippen LogP contribution is 2.07. The Morgan fingerprint density at radius 3 is 2.47 bits per heavy atom. The fourth-order valence-corrected chi connectivity index (χ4v) is 1.34. The third-order valence-electron chi connectivity index (χ3n) is 2.05. The number of hydrogen-bond acceptors (Lipinski definition) is 3. The van der Waals surface area contributed by atoms with Crippen molar-refractivity contribution in [3.8, 4) is 0 Å². The number of rotatable bonds is 8. The zero-order valence-electron chi connectivity index (χ0n) is 9.42. The van der Waals surface area contributed by atoms with E-state index in [2.05, 4.69) is 6.92 Å². The summed E-state index contributed by atoms with van der Waals surface area (Å²) in [6.45, 7) is 3.99. The number of halogens is 1. The first kappa shape index (κ1) is 14.4. The number of unbranched alkanes of at least 4 members (excludes halogenated alkanes) is 1. The van der Waals surface area contributed by atoms with Gasteiger partial charge in [0.15, 0.2) is 0 Å². The Balaban J connectivity index is 3.50. The largest absolute Gasteiger partial charge is 0.463 e. The average Bonchev–Trinajstić information content (AvgIpc) is 2.14. The van der Waals surface area contributed by atoms with E-state index >= 15 is 0 Å².